The summed E-state index contributed by atoms with van der Waals surface area (Å²) in [5, 5.41) is 7.56. The zero-order valence-corrected chi connectivity index (χ0v) is 9.80. The van der Waals surface area contributed by atoms with Crippen molar-refractivity contribution in [2.24, 2.45) is 5.92 Å². The Hall–Kier alpha value is -1.91. The van der Waals surface area contributed by atoms with Gasteiger partial charge in [0, 0.05) is 18.8 Å². The van der Waals surface area contributed by atoms with Crippen molar-refractivity contribution >= 4 is 5.82 Å². The summed E-state index contributed by atoms with van der Waals surface area (Å²) >= 11 is 0. The summed E-state index contributed by atoms with van der Waals surface area (Å²) in [6.45, 7) is 3.02. The first-order chi connectivity index (χ1) is 8.31. The van der Waals surface area contributed by atoms with Crippen LogP contribution in [-0.2, 0) is 0 Å². The molecule has 2 aromatic heterocycles. The largest absolute Gasteiger partial charge is 0.370 e. The Kier molecular flexibility index (Phi) is 2.51. The van der Waals surface area contributed by atoms with Crippen LogP contribution in [0.1, 0.15) is 18.4 Å². The average Bonchev–Trinajstić information content (AvgIpc) is 3.08. The van der Waals surface area contributed by atoms with Gasteiger partial charge in [-0.05, 0) is 31.2 Å². The molecule has 1 fully saturated rings. The molecule has 1 N–H and O–H groups in total. The van der Waals surface area contributed by atoms with Crippen molar-refractivity contribution < 1.29 is 0 Å². The summed E-state index contributed by atoms with van der Waals surface area (Å²) in [6, 6.07) is 1.93. The van der Waals surface area contributed by atoms with Crippen LogP contribution >= 0.6 is 0 Å². The summed E-state index contributed by atoms with van der Waals surface area (Å²) in [6.07, 6.45) is 8.01. The zero-order valence-electron chi connectivity index (χ0n) is 9.80. The first-order valence-electron chi connectivity index (χ1n) is 5.89. The van der Waals surface area contributed by atoms with Gasteiger partial charge in [-0.3, -0.25) is 0 Å². The van der Waals surface area contributed by atoms with Crippen LogP contribution in [0.3, 0.4) is 0 Å². The van der Waals surface area contributed by atoms with Crippen LogP contribution in [0.4, 0.5) is 5.82 Å². The number of nitrogens with zero attached hydrogens (tertiary/aromatic N) is 4. The molecule has 0 aromatic carbocycles. The number of aromatic nitrogens is 4. The molecule has 0 unspecified atom stereocenters. The summed E-state index contributed by atoms with van der Waals surface area (Å²) in [4.78, 5) is 8.42. The molecule has 3 rings (SSSR count). The van der Waals surface area contributed by atoms with E-state index in [-0.39, 0.29) is 0 Å². The minimum atomic E-state index is 0.798. The Morgan fingerprint density at radius 1 is 1.41 bits per heavy atom. The van der Waals surface area contributed by atoms with Crippen molar-refractivity contribution in [1.82, 2.24) is 19.7 Å². The normalized spacial score (nSPS) is 14.9. The van der Waals surface area contributed by atoms with Crippen molar-refractivity contribution in [2.75, 3.05) is 11.9 Å². The van der Waals surface area contributed by atoms with Crippen LogP contribution in [0.25, 0.3) is 5.82 Å². The van der Waals surface area contributed by atoms with Crippen molar-refractivity contribution in [2.45, 2.75) is 19.8 Å². The number of hydrogen-bond acceptors (Lipinski definition) is 4. The van der Waals surface area contributed by atoms with Gasteiger partial charge in [0.05, 0.1) is 6.20 Å². The lowest BCUT2D eigenvalue weighted by molar-refractivity contribution is 0.834. The van der Waals surface area contributed by atoms with Crippen LogP contribution in [0.2, 0.25) is 0 Å². The highest BCUT2D eigenvalue weighted by molar-refractivity contribution is 5.40. The van der Waals surface area contributed by atoms with E-state index >= 15 is 0 Å². The van der Waals surface area contributed by atoms with Crippen molar-refractivity contribution in [3.63, 3.8) is 0 Å². The lowest BCUT2D eigenvalue weighted by atomic mass is 10.4. The topological polar surface area (TPSA) is 55.6 Å². The molecule has 0 amide bonds. The Bertz CT molecular complexity index is 515. The van der Waals surface area contributed by atoms with Crippen LogP contribution in [-0.4, -0.2) is 26.3 Å². The second kappa shape index (κ2) is 4.16. The number of aryl methyl sites for hydroxylation is 1. The van der Waals surface area contributed by atoms with Gasteiger partial charge < -0.3 is 5.32 Å². The Morgan fingerprint density at radius 2 is 2.29 bits per heavy atom. The minimum Gasteiger partial charge on any atom is -0.370 e. The summed E-state index contributed by atoms with van der Waals surface area (Å²) in [5.74, 6) is 2.50. The first-order valence-corrected chi connectivity index (χ1v) is 5.89. The maximum Gasteiger partial charge on any atom is 0.158 e. The SMILES string of the molecule is Cc1cnn(-c2cc(NCC3CC3)ncn2)c1. The van der Waals surface area contributed by atoms with Crippen LogP contribution in [0, 0.1) is 12.8 Å². The van der Waals surface area contributed by atoms with Crippen molar-refractivity contribution in [3.8, 4) is 5.82 Å². The van der Waals surface area contributed by atoms with E-state index in [1.807, 2.05) is 25.4 Å². The fourth-order valence-corrected chi connectivity index (χ4v) is 1.68. The van der Waals surface area contributed by atoms with Gasteiger partial charge in [-0.1, -0.05) is 0 Å². The molecule has 0 atom stereocenters. The van der Waals surface area contributed by atoms with E-state index in [9.17, 15) is 0 Å². The Morgan fingerprint density at radius 3 is 3.00 bits per heavy atom. The summed E-state index contributed by atoms with van der Waals surface area (Å²) < 4.78 is 1.76. The predicted octanol–water partition coefficient (Wildman–Crippen LogP) is 1.79. The molecule has 1 saturated carbocycles. The van der Waals surface area contributed by atoms with Gasteiger partial charge in [0.2, 0.25) is 0 Å². The minimum absolute atomic E-state index is 0.798. The molecule has 88 valence electrons. The molecule has 0 aliphatic heterocycles. The highest BCUT2D eigenvalue weighted by Crippen LogP contribution is 2.28. The quantitative estimate of drug-likeness (QED) is 0.868. The molecule has 1 aliphatic carbocycles. The average molecular weight is 229 g/mol. The molecule has 0 bridgehead atoms. The molecule has 2 aromatic rings. The smallest absolute Gasteiger partial charge is 0.158 e. The second-order valence-electron chi connectivity index (χ2n) is 4.55. The predicted molar refractivity (Wildman–Crippen MR) is 65.1 cm³/mol. The molecule has 2 heterocycles. The molecule has 17 heavy (non-hydrogen) atoms. The van der Waals surface area contributed by atoms with E-state index < -0.39 is 0 Å². The van der Waals surface area contributed by atoms with Crippen molar-refractivity contribution in [3.05, 3.63) is 30.4 Å². The Labute approximate surface area is 99.9 Å². The molecule has 0 spiro atoms. The molecule has 5 nitrogen and oxygen atoms in total. The van der Waals surface area contributed by atoms with Crippen LogP contribution in [0.5, 0.6) is 0 Å². The van der Waals surface area contributed by atoms with Crippen LogP contribution in [0.15, 0.2) is 24.8 Å². The van der Waals surface area contributed by atoms with E-state index in [0.717, 1.165) is 29.7 Å². The lowest BCUT2D eigenvalue weighted by Crippen LogP contribution is -2.07. The van der Waals surface area contributed by atoms with Crippen molar-refractivity contribution in [1.29, 1.82) is 0 Å². The standard InChI is InChI=1S/C12H15N5/c1-9-5-16-17(7-9)12-4-11(14-8-15-12)13-6-10-2-3-10/h4-5,7-8,10H,2-3,6H2,1H3,(H,13,14,15). The fraction of sp³-hybridized carbons (Fsp3) is 0.417. The monoisotopic (exact) mass is 229 g/mol. The van der Waals surface area contributed by atoms with Gasteiger partial charge in [0.1, 0.15) is 12.1 Å². The fourth-order valence-electron chi connectivity index (χ4n) is 1.68. The van der Waals surface area contributed by atoms with Gasteiger partial charge in [0.25, 0.3) is 0 Å². The molecule has 0 radical (unpaired) electrons. The van der Waals surface area contributed by atoms with E-state index in [0.29, 0.717) is 0 Å². The molecule has 0 saturated heterocycles. The molecular weight excluding hydrogens is 214 g/mol. The molecule has 5 heteroatoms. The highest BCUT2D eigenvalue weighted by atomic mass is 15.3. The maximum atomic E-state index is 4.23. The van der Waals surface area contributed by atoms with Gasteiger partial charge in [-0.15, -0.1) is 0 Å². The van der Waals surface area contributed by atoms with E-state index in [4.69, 9.17) is 0 Å². The molecular formula is C12H15N5. The lowest BCUT2D eigenvalue weighted by Gasteiger charge is -2.05. The van der Waals surface area contributed by atoms with E-state index in [1.54, 1.807) is 11.0 Å². The number of nitrogens with one attached hydrogen (secondary N) is 1. The number of hydrogen-bond donors (Lipinski definition) is 1. The van der Waals surface area contributed by atoms with Gasteiger partial charge in [-0.2, -0.15) is 5.10 Å². The Balaban J connectivity index is 1.77. The third kappa shape index (κ3) is 2.43. The van der Waals surface area contributed by atoms with Gasteiger partial charge >= 0.3 is 0 Å². The van der Waals surface area contributed by atoms with Crippen LogP contribution < -0.4 is 5.32 Å². The highest BCUT2D eigenvalue weighted by Gasteiger charge is 2.20. The molecule has 1 aliphatic rings. The van der Waals surface area contributed by atoms with Gasteiger partial charge in [-0.25, -0.2) is 14.6 Å². The number of rotatable bonds is 4. The first kappa shape index (κ1) is 10.3. The van der Waals surface area contributed by atoms with Gasteiger partial charge in [0.15, 0.2) is 5.82 Å². The second-order valence-corrected chi connectivity index (χ2v) is 4.55. The third-order valence-corrected chi connectivity index (χ3v) is 2.87. The van der Waals surface area contributed by atoms with E-state index in [2.05, 4.69) is 20.4 Å². The zero-order chi connectivity index (χ0) is 11.7. The summed E-state index contributed by atoms with van der Waals surface area (Å²) in [5.41, 5.74) is 1.12. The summed E-state index contributed by atoms with van der Waals surface area (Å²) in [7, 11) is 0. The maximum absolute atomic E-state index is 4.23. The number of anilines is 1. The van der Waals surface area contributed by atoms with E-state index in [1.165, 1.54) is 12.8 Å². The third-order valence-electron chi connectivity index (χ3n) is 2.87.